The first-order chi connectivity index (χ1) is 12.6. The minimum absolute atomic E-state index is 0.0597. The Hall–Kier alpha value is -3.13. The highest BCUT2D eigenvalue weighted by molar-refractivity contribution is 5.92. The van der Waals surface area contributed by atoms with E-state index in [9.17, 15) is 9.59 Å². The Morgan fingerprint density at radius 2 is 2.04 bits per heavy atom. The Bertz CT molecular complexity index is 870. The number of amides is 1. The van der Waals surface area contributed by atoms with Crippen LogP contribution in [0.25, 0.3) is 0 Å². The van der Waals surface area contributed by atoms with Crippen molar-refractivity contribution >= 4 is 11.9 Å². The summed E-state index contributed by atoms with van der Waals surface area (Å²) in [7, 11) is 0. The summed E-state index contributed by atoms with van der Waals surface area (Å²) < 4.78 is 5.27. The Morgan fingerprint density at radius 3 is 2.85 bits per heavy atom. The van der Waals surface area contributed by atoms with Crippen LogP contribution >= 0.6 is 0 Å². The fraction of sp³-hybridized carbons (Fsp3) is 0.286. The van der Waals surface area contributed by atoms with Gasteiger partial charge < -0.3 is 10.1 Å². The lowest BCUT2D eigenvalue weighted by Gasteiger charge is -2.27. The zero-order valence-corrected chi connectivity index (χ0v) is 14.6. The van der Waals surface area contributed by atoms with E-state index in [4.69, 9.17) is 10.00 Å². The summed E-state index contributed by atoms with van der Waals surface area (Å²) in [6, 6.07) is 16.2. The van der Waals surface area contributed by atoms with Gasteiger partial charge >= 0.3 is 5.97 Å². The summed E-state index contributed by atoms with van der Waals surface area (Å²) in [4.78, 5) is 24.7. The molecule has 5 heteroatoms. The molecule has 0 bridgehead atoms. The molecular weight excluding hydrogens is 328 g/mol. The second-order valence-corrected chi connectivity index (χ2v) is 6.39. The van der Waals surface area contributed by atoms with Crippen molar-refractivity contribution in [1.29, 1.82) is 5.26 Å². The summed E-state index contributed by atoms with van der Waals surface area (Å²) in [6.07, 6.45) is 1.98. The third kappa shape index (κ3) is 3.92. The fourth-order valence-corrected chi connectivity index (χ4v) is 3.19. The van der Waals surface area contributed by atoms with Crippen LogP contribution in [-0.2, 0) is 16.0 Å². The highest BCUT2D eigenvalue weighted by Crippen LogP contribution is 2.29. The number of benzene rings is 2. The summed E-state index contributed by atoms with van der Waals surface area (Å²) in [6.45, 7) is 1.55. The van der Waals surface area contributed by atoms with E-state index in [1.165, 1.54) is 11.6 Å². The van der Waals surface area contributed by atoms with Crippen LogP contribution in [0.2, 0.25) is 0 Å². The van der Waals surface area contributed by atoms with Crippen LogP contribution in [0.5, 0.6) is 0 Å². The normalized spacial score (nSPS) is 16.7. The van der Waals surface area contributed by atoms with E-state index in [0.717, 1.165) is 24.8 Å². The van der Waals surface area contributed by atoms with Crippen LogP contribution in [0.3, 0.4) is 0 Å². The highest BCUT2D eigenvalue weighted by Gasteiger charge is 2.25. The van der Waals surface area contributed by atoms with Gasteiger partial charge in [-0.3, -0.25) is 4.79 Å². The molecule has 0 saturated carbocycles. The van der Waals surface area contributed by atoms with Crippen LogP contribution in [0, 0.1) is 11.3 Å². The molecule has 2 atom stereocenters. The first-order valence-corrected chi connectivity index (χ1v) is 8.68. The smallest absolute Gasteiger partial charge is 0.338 e. The second-order valence-electron chi connectivity index (χ2n) is 6.39. The minimum Gasteiger partial charge on any atom is -0.449 e. The van der Waals surface area contributed by atoms with Crippen LogP contribution in [0.1, 0.15) is 52.9 Å². The van der Waals surface area contributed by atoms with Crippen LogP contribution in [0.4, 0.5) is 0 Å². The standard InChI is InChI=1S/C21H20N2O3/c1-14(26-21(25)17-9-4-6-15(12-17)13-22)20(24)23-19-11-5-8-16-7-2-3-10-18(16)19/h2-4,6-7,9-10,12,14,19H,5,8,11H2,1H3,(H,23,24). The topological polar surface area (TPSA) is 79.2 Å². The van der Waals surface area contributed by atoms with E-state index in [1.807, 2.05) is 24.3 Å². The molecular formula is C21H20N2O3. The van der Waals surface area contributed by atoms with Crippen molar-refractivity contribution in [2.45, 2.75) is 38.3 Å². The highest BCUT2D eigenvalue weighted by atomic mass is 16.5. The molecule has 2 aromatic carbocycles. The van der Waals surface area contributed by atoms with Crippen molar-refractivity contribution in [2.75, 3.05) is 0 Å². The molecule has 1 aliphatic rings. The third-order valence-electron chi connectivity index (χ3n) is 4.57. The molecule has 5 nitrogen and oxygen atoms in total. The molecule has 0 saturated heterocycles. The van der Waals surface area contributed by atoms with Gasteiger partial charge in [0.25, 0.3) is 5.91 Å². The molecule has 0 spiro atoms. The van der Waals surface area contributed by atoms with Gasteiger partial charge in [0.05, 0.1) is 23.2 Å². The Morgan fingerprint density at radius 1 is 1.23 bits per heavy atom. The molecule has 0 aromatic heterocycles. The number of esters is 1. The van der Waals surface area contributed by atoms with E-state index in [2.05, 4.69) is 11.4 Å². The lowest BCUT2D eigenvalue weighted by atomic mass is 9.87. The van der Waals surface area contributed by atoms with Gasteiger partial charge in [0, 0.05) is 0 Å². The zero-order valence-electron chi connectivity index (χ0n) is 14.6. The van der Waals surface area contributed by atoms with Crippen molar-refractivity contribution in [3.05, 3.63) is 70.8 Å². The number of carbonyl (C=O) groups is 2. The molecule has 2 unspecified atom stereocenters. The first kappa shape index (κ1) is 17.7. The van der Waals surface area contributed by atoms with Gasteiger partial charge in [-0.05, 0) is 55.5 Å². The fourth-order valence-electron chi connectivity index (χ4n) is 3.19. The number of hydrogen-bond acceptors (Lipinski definition) is 4. The summed E-state index contributed by atoms with van der Waals surface area (Å²) in [5.74, 6) is -0.940. The summed E-state index contributed by atoms with van der Waals surface area (Å²) in [5.41, 5.74) is 3.01. The van der Waals surface area contributed by atoms with Gasteiger partial charge in [0.1, 0.15) is 0 Å². The first-order valence-electron chi connectivity index (χ1n) is 8.68. The number of rotatable bonds is 4. The Balaban J connectivity index is 1.63. The molecule has 0 radical (unpaired) electrons. The quantitative estimate of drug-likeness (QED) is 0.860. The SMILES string of the molecule is CC(OC(=O)c1cccc(C#N)c1)C(=O)NC1CCCc2ccccc21. The molecule has 1 amide bonds. The monoisotopic (exact) mass is 348 g/mol. The van der Waals surface area contributed by atoms with E-state index < -0.39 is 12.1 Å². The third-order valence-corrected chi connectivity index (χ3v) is 4.57. The molecule has 0 fully saturated rings. The van der Waals surface area contributed by atoms with Gasteiger partial charge in [-0.25, -0.2) is 4.79 Å². The molecule has 1 aliphatic carbocycles. The molecule has 3 rings (SSSR count). The zero-order chi connectivity index (χ0) is 18.5. The van der Waals surface area contributed by atoms with E-state index in [-0.39, 0.29) is 17.5 Å². The molecule has 0 aliphatic heterocycles. The molecule has 0 heterocycles. The number of carbonyl (C=O) groups excluding carboxylic acids is 2. The largest absolute Gasteiger partial charge is 0.449 e. The number of nitriles is 1. The second kappa shape index (κ2) is 7.83. The maximum atomic E-state index is 12.5. The average Bonchev–Trinajstić information content (AvgIpc) is 2.68. The Labute approximate surface area is 152 Å². The van der Waals surface area contributed by atoms with Gasteiger partial charge in [-0.1, -0.05) is 30.3 Å². The predicted octanol–water partition coefficient (Wildman–Crippen LogP) is 3.30. The molecule has 26 heavy (non-hydrogen) atoms. The van der Waals surface area contributed by atoms with Crippen molar-refractivity contribution < 1.29 is 14.3 Å². The maximum Gasteiger partial charge on any atom is 0.338 e. The maximum absolute atomic E-state index is 12.5. The number of aryl methyl sites for hydroxylation is 1. The minimum atomic E-state index is -0.915. The predicted molar refractivity (Wildman–Crippen MR) is 96.3 cm³/mol. The lowest BCUT2D eigenvalue weighted by molar-refractivity contribution is -0.130. The average molecular weight is 348 g/mol. The number of fused-ring (bicyclic) bond motifs is 1. The van der Waals surface area contributed by atoms with Crippen molar-refractivity contribution in [3.63, 3.8) is 0 Å². The number of hydrogen-bond donors (Lipinski definition) is 1. The molecule has 1 N–H and O–H groups in total. The number of ether oxygens (including phenoxy) is 1. The summed E-state index contributed by atoms with van der Waals surface area (Å²) >= 11 is 0. The summed E-state index contributed by atoms with van der Waals surface area (Å²) in [5, 5.41) is 11.9. The number of nitrogens with one attached hydrogen (secondary N) is 1. The van der Waals surface area contributed by atoms with E-state index in [1.54, 1.807) is 25.1 Å². The van der Waals surface area contributed by atoms with Crippen molar-refractivity contribution in [3.8, 4) is 6.07 Å². The van der Waals surface area contributed by atoms with Crippen molar-refractivity contribution in [2.24, 2.45) is 0 Å². The number of nitrogens with zero attached hydrogens (tertiary/aromatic N) is 1. The van der Waals surface area contributed by atoms with Crippen molar-refractivity contribution in [1.82, 2.24) is 5.32 Å². The van der Waals surface area contributed by atoms with Gasteiger partial charge in [-0.2, -0.15) is 5.26 Å². The van der Waals surface area contributed by atoms with Gasteiger partial charge in [-0.15, -0.1) is 0 Å². The Kier molecular flexibility index (Phi) is 5.33. The lowest BCUT2D eigenvalue weighted by Crippen LogP contribution is -2.39. The van der Waals surface area contributed by atoms with Gasteiger partial charge in [0.2, 0.25) is 0 Å². The molecule has 2 aromatic rings. The van der Waals surface area contributed by atoms with E-state index in [0.29, 0.717) is 5.56 Å². The van der Waals surface area contributed by atoms with E-state index >= 15 is 0 Å². The van der Waals surface area contributed by atoms with Crippen LogP contribution in [-0.4, -0.2) is 18.0 Å². The van der Waals surface area contributed by atoms with Gasteiger partial charge in [0.15, 0.2) is 6.10 Å². The van der Waals surface area contributed by atoms with Crippen LogP contribution in [0.15, 0.2) is 48.5 Å². The van der Waals surface area contributed by atoms with Crippen LogP contribution < -0.4 is 5.32 Å². The molecule has 132 valence electrons.